The van der Waals surface area contributed by atoms with E-state index in [0.717, 1.165) is 12.3 Å². The summed E-state index contributed by atoms with van der Waals surface area (Å²) in [5.74, 6) is 2.07. The lowest BCUT2D eigenvalue weighted by atomic mass is 9.70. The van der Waals surface area contributed by atoms with Crippen LogP contribution in [0.3, 0.4) is 0 Å². The third kappa shape index (κ3) is 3.42. The van der Waals surface area contributed by atoms with E-state index in [1.807, 2.05) is 0 Å². The molecule has 0 nitrogen and oxygen atoms in total. The molecule has 0 aromatic carbocycles. The van der Waals surface area contributed by atoms with Gasteiger partial charge in [-0.05, 0) is 49.9 Å². The second-order valence-electron chi connectivity index (χ2n) is 6.17. The lowest BCUT2D eigenvalue weighted by Crippen LogP contribution is -2.32. The van der Waals surface area contributed by atoms with E-state index >= 15 is 0 Å². The number of halogens is 2. The van der Waals surface area contributed by atoms with Gasteiger partial charge in [-0.1, -0.05) is 32.6 Å². The van der Waals surface area contributed by atoms with Crippen LogP contribution >= 0.6 is 0 Å². The maximum absolute atomic E-state index is 13.4. The zero-order valence-corrected chi connectivity index (χ0v) is 11.0. The molecule has 0 bridgehead atoms. The highest BCUT2D eigenvalue weighted by molar-refractivity contribution is 4.85. The third-order valence-electron chi connectivity index (χ3n) is 4.99. The van der Waals surface area contributed by atoms with Crippen LogP contribution in [0.4, 0.5) is 8.78 Å². The van der Waals surface area contributed by atoms with Crippen molar-refractivity contribution in [2.24, 2.45) is 17.8 Å². The van der Waals surface area contributed by atoms with Gasteiger partial charge in [-0.2, -0.15) is 0 Å². The molecule has 2 aliphatic carbocycles. The summed E-state index contributed by atoms with van der Waals surface area (Å²) in [6.07, 6.45) is 7.33. The fraction of sp³-hybridized carbons (Fsp3) is 1.00. The zero-order valence-electron chi connectivity index (χ0n) is 11.0. The fourth-order valence-corrected chi connectivity index (χ4v) is 3.89. The second-order valence-corrected chi connectivity index (χ2v) is 6.17. The summed E-state index contributed by atoms with van der Waals surface area (Å²) in [6.45, 7) is 2.25. The predicted molar refractivity (Wildman–Crippen MR) is 67.5 cm³/mol. The van der Waals surface area contributed by atoms with Crippen LogP contribution in [0.5, 0.6) is 0 Å². The van der Waals surface area contributed by atoms with Crippen molar-refractivity contribution in [3.05, 3.63) is 0 Å². The first-order chi connectivity index (χ1) is 8.20. The number of alkyl halides is 2. The van der Waals surface area contributed by atoms with E-state index in [1.54, 1.807) is 0 Å². The van der Waals surface area contributed by atoms with Gasteiger partial charge in [0.25, 0.3) is 0 Å². The highest BCUT2D eigenvalue weighted by atomic mass is 19.2. The molecule has 2 aliphatic rings. The smallest absolute Gasteiger partial charge is 0.131 e. The van der Waals surface area contributed by atoms with E-state index in [4.69, 9.17) is 0 Å². The largest absolute Gasteiger partial charge is 0.244 e. The predicted octanol–water partition coefficient (Wildman–Crippen LogP) is 5.07. The summed E-state index contributed by atoms with van der Waals surface area (Å²) < 4.78 is 26.5. The zero-order chi connectivity index (χ0) is 12.3. The topological polar surface area (TPSA) is 0 Å². The van der Waals surface area contributed by atoms with Crippen LogP contribution in [0.15, 0.2) is 0 Å². The van der Waals surface area contributed by atoms with Crippen LogP contribution in [0.25, 0.3) is 0 Å². The van der Waals surface area contributed by atoms with E-state index in [2.05, 4.69) is 6.92 Å². The van der Waals surface area contributed by atoms with Crippen LogP contribution in [-0.4, -0.2) is 12.3 Å². The van der Waals surface area contributed by atoms with Crippen molar-refractivity contribution in [3.8, 4) is 0 Å². The Morgan fingerprint density at radius 1 is 0.824 bits per heavy atom. The molecule has 0 saturated heterocycles. The van der Waals surface area contributed by atoms with Crippen LogP contribution in [0.1, 0.15) is 64.7 Å². The van der Waals surface area contributed by atoms with Gasteiger partial charge in [0.05, 0.1) is 0 Å². The molecular formula is C15H26F2. The van der Waals surface area contributed by atoms with Crippen molar-refractivity contribution in [3.63, 3.8) is 0 Å². The molecule has 2 heteroatoms. The minimum absolute atomic E-state index is 0.459. The van der Waals surface area contributed by atoms with Crippen LogP contribution in [0.2, 0.25) is 0 Å². The lowest BCUT2D eigenvalue weighted by Gasteiger charge is -2.37. The Balaban J connectivity index is 1.77. The van der Waals surface area contributed by atoms with Crippen molar-refractivity contribution in [1.29, 1.82) is 0 Å². The third-order valence-corrected chi connectivity index (χ3v) is 4.99. The summed E-state index contributed by atoms with van der Waals surface area (Å²) in [4.78, 5) is 0. The monoisotopic (exact) mass is 244 g/mol. The van der Waals surface area contributed by atoms with E-state index in [9.17, 15) is 8.78 Å². The van der Waals surface area contributed by atoms with E-state index in [0.29, 0.717) is 24.7 Å². The molecule has 0 amide bonds. The fourth-order valence-electron chi connectivity index (χ4n) is 3.89. The van der Waals surface area contributed by atoms with Crippen LogP contribution in [0, 0.1) is 17.8 Å². The minimum Gasteiger partial charge on any atom is -0.244 e. The molecule has 0 radical (unpaired) electrons. The maximum atomic E-state index is 13.4. The van der Waals surface area contributed by atoms with Crippen molar-refractivity contribution < 1.29 is 8.78 Å². The first kappa shape index (κ1) is 13.3. The SMILES string of the molecule is CCCC1CCC(C2CCC(F)C(F)C2)CC1. The summed E-state index contributed by atoms with van der Waals surface area (Å²) in [5, 5.41) is 0. The minimum atomic E-state index is -1.18. The summed E-state index contributed by atoms with van der Waals surface area (Å²) in [6, 6.07) is 0. The average Bonchev–Trinajstić information content (AvgIpc) is 2.34. The van der Waals surface area contributed by atoms with Gasteiger partial charge in [-0.15, -0.1) is 0 Å². The Morgan fingerprint density at radius 3 is 2.06 bits per heavy atom. The second kappa shape index (κ2) is 6.15. The summed E-state index contributed by atoms with van der Waals surface area (Å²) in [7, 11) is 0. The first-order valence-corrected chi connectivity index (χ1v) is 7.48. The molecule has 0 aromatic heterocycles. The van der Waals surface area contributed by atoms with Gasteiger partial charge < -0.3 is 0 Å². The molecule has 0 N–H and O–H groups in total. The Bertz CT molecular complexity index is 221. The van der Waals surface area contributed by atoms with Crippen molar-refractivity contribution in [2.75, 3.05) is 0 Å². The molecule has 0 spiro atoms. The van der Waals surface area contributed by atoms with Crippen molar-refractivity contribution >= 4 is 0 Å². The van der Waals surface area contributed by atoms with Gasteiger partial charge in [-0.3, -0.25) is 0 Å². The molecule has 0 heterocycles. The quantitative estimate of drug-likeness (QED) is 0.650. The van der Waals surface area contributed by atoms with Gasteiger partial charge in [0, 0.05) is 0 Å². The average molecular weight is 244 g/mol. The summed E-state index contributed by atoms with van der Waals surface area (Å²) >= 11 is 0. The molecule has 100 valence electrons. The Labute approximate surface area is 104 Å². The Kier molecular flexibility index (Phi) is 4.81. The standard InChI is InChI=1S/C15H26F2/c1-2-3-11-4-6-12(7-5-11)13-8-9-14(16)15(17)10-13/h11-15H,2-10H2,1H3. The molecule has 3 unspecified atom stereocenters. The van der Waals surface area contributed by atoms with Gasteiger partial charge in [0.1, 0.15) is 12.3 Å². The van der Waals surface area contributed by atoms with Crippen LogP contribution < -0.4 is 0 Å². The summed E-state index contributed by atoms with van der Waals surface area (Å²) in [5.41, 5.74) is 0. The molecular weight excluding hydrogens is 218 g/mol. The van der Waals surface area contributed by atoms with Gasteiger partial charge in [0.2, 0.25) is 0 Å². The molecule has 0 aromatic rings. The van der Waals surface area contributed by atoms with Crippen molar-refractivity contribution in [2.45, 2.75) is 77.1 Å². The van der Waals surface area contributed by atoms with E-state index in [-0.39, 0.29) is 0 Å². The highest BCUT2D eigenvalue weighted by Gasteiger charge is 2.35. The molecule has 2 rings (SSSR count). The van der Waals surface area contributed by atoms with Gasteiger partial charge in [0.15, 0.2) is 0 Å². The highest BCUT2D eigenvalue weighted by Crippen LogP contribution is 2.42. The normalized spacial score (nSPS) is 43.6. The molecule has 2 fully saturated rings. The molecule has 3 atom stereocenters. The number of hydrogen-bond acceptors (Lipinski definition) is 0. The van der Waals surface area contributed by atoms with Gasteiger partial charge >= 0.3 is 0 Å². The number of rotatable bonds is 3. The first-order valence-electron chi connectivity index (χ1n) is 7.48. The lowest BCUT2D eigenvalue weighted by molar-refractivity contribution is 0.0544. The van der Waals surface area contributed by atoms with E-state index in [1.165, 1.54) is 38.5 Å². The molecule has 0 aliphatic heterocycles. The van der Waals surface area contributed by atoms with Crippen molar-refractivity contribution in [1.82, 2.24) is 0 Å². The van der Waals surface area contributed by atoms with Gasteiger partial charge in [-0.25, -0.2) is 8.78 Å². The maximum Gasteiger partial charge on any atom is 0.131 e. The Hall–Kier alpha value is -0.140. The van der Waals surface area contributed by atoms with E-state index < -0.39 is 12.3 Å². The molecule has 17 heavy (non-hydrogen) atoms. The Morgan fingerprint density at radius 2 is 1.47 bits per heavy atom. The van der Waals surface area contributed by atoms with Crippen LogP contribution in [-0.2, 0) is 0 Å². The number of hydrogen-bond donors (Lipinski definition) is 0. The molecule has 2 saturated carbocycles.